The maximum absolute atomic E-state index is 10.6. The van der Waals surface area contributed by atoms with Crippen molar-refractivity contribution in [2.45, 2.75) is 12.8 Å². The summed E-state index contributed by atoms with van der Waals surface area (Å²) >= 11 is 0. The van der Waals surface area contributed by atoms with Gasteiger partial charge >= 0.3 is 5.97 Å². The minimum Gasteiger partial charge on any atom is -0.481 e. The number of benzene rings is 1. The molecule has 0 amide bonds. The summed E-state index contributed by atoms with van der Waals surface area (Å²) in [5.41, 5.74) is 3.10. The second-order valence-electron chi connectivity index (χ2n) is 4.32. The van der Waals surface area contributed by atoms with Crippen LogP contribution in [0.2, 0.25) is 0 Å². The predicted molar refractivity (Wildman–Crippen MR) is 69.6 cm³/mol. The Bertz CT molecular complexity index is 731. The summed E-state index contributed by atoms with van der Waals surface area (Å²) in [7, 11) is 0. The number of fused-ring (bicyclic) bond motifs is 3. The predicted octanol–water partition coefficient (Wildman–Crippen LogP) is 2.73. The summed E-state index contributed by atoms with van der Waals surface area (Å²) in [5, 5.41) is 10.9. The molecule has 0 spiro atoms. The average molecular weight is 240 g/mol. The van der Waals surface area contributed by atoms with Gasteiger partial charge in [0.25, 0.3) is 0 Å². The summed E-state index contributed by atoms with van der Waals surface area (Å²) in [6.07, 6.45) is 4.28. The molecule has 0 fully saturated rings. The van der Waals surface area contributed by atoms with Crippen LogP contribution in [0.5, 0.6) is 0 Å². The molecule has 2 heterocycles. The number of aliphatic carboxylic acids is 1. The van der Waals surface area contributed by atoms with Gasteiger partial charge in [0.2, 0.25) is 0 Å². The number of hydrogen-bond donors (Lipinski definition) is 2. The Morgan fingerprint density at radius 1 is 1.22 bits per heavy atom. The third-order valence-corrected chi connectivity index (χ3v) is 3.09. The van der Waals surface area contributed by atoms with Gasteiger partial charge in [-0.1, -0.05) is 6.07 Å². The zero-order valence-corrected chi connectivity index (χ0v) is 9.68. The molecule has 0 atom stereocenters. The third-order valence-electron chi connectivity index (χ3n) is 3.09. The van der Waals surface area contributed by atoms with E-state index < -0.39 is 5.97 Å². The fraction of sp³-hybridized carbons (Fsp3) is 0.143. The van der Waals surface area contributed by atoms with Crippen LogP contribution in [0.25, 0.3) is 21.8 Å². The lowest BCUT2D eigenvalue weighted by Gasteiger charge is -1.99. The van der Waals surface area contributed by atoms with E-state index in [0.29, 0.717) is 6.42 Å². The number of nitrogens with zero attached hydrogens (tertiary/aromatic N) is 1. The van der Waals surface area contributed by atoms with E-state index in [9.17, 15) is 4.79 Å². The van der Waals surface area contributed by atoms with Gasteiger partial charge in [-0.2, -0.15) is 0 Å². The minimum atomic E-state index is -0.766. The Balaban J connectivity index is 2.09. The number of nitrogens with one attached hydrogen (secondary N) is 1. The average Bonchev–Trinajstić information content (AvgIpc) is 2.74. The molecule has 3 rings (SSSR count). The summed E-state index contributed by atoms with van der Waals surface area (Å²) in [5.74, 6) is -0.766. The van der Waals surface area contributed by atoms with Crippen LogP contribution in [0.1, 0.15) is 12.0 Å². The van der Waals surface area contributed by atoms with E-state index in [0.717, 1.165) is 27.4 Å². The van der Waals surface area contributed by atoms with Crippen molar-refractivity contribution < 1.29 is 9.90 Å². The van der Waals surface area contributed by atoms with Crippen molar-refractivity contribution in [3.63, 3.8) is 0 Å². The fourth-order valence-electron chi connectivity index (χ4n) is 2.20. The zero-order chi connectivity index (χ0) is 12.5. The maximum atomic E-state index is 10.6. The second-order valence-corrected chi connectivity index (χ2v) is 4.32. The highest BCUT2D eigenvalue weighted by molar-refractivity contribution is 6.07. The molecule has 0 aliphatic heterocycles. The second kappa shape index (κ2) is 4.14. The van der Waals surface area contributed by atoms with Gasteiger partial charge < -0.3 is 10.1 Å². The summed E-state index contributed by atoms with van der Waals surface area (Å²) < 4.78 is 0. The number of carbonyl (C=O) groups is 1. The number of hydrogen-bond acceptors (Lipinski definition) is 2. The molecule has 4 nitrogen and oxygen atoms in total. The van der Waals surface area contributed by atoms with Crippen LogP contribution in [0.4, 0.5) is 0 Å². The van der Waals surface area contributed by atoms with E-state index in [1.165, 1.54) is 0 Å². The summed E-state index contributed by atoms with van der Waals surface area (Å²) in [6, 6.07) is 7.98. The molecule has 4 heteroatoms. The number of carboxylic acid groups (broad SMARTS) is 1. The number of rotatable bonds is 3. The van der Waals surface area contributed by atoms with Crippen LogP contribution < -0.4 is 0 Å². The van der Waals surface area contributed by atoms with E-state index in [1.54, 1.807) is 12.4 Å². The molecule has 0 unspecified atom stereocenters. The van der Waals surface area contributed by atoms with Crippen LogP contribution in [-0.4, -0.2) is 21.0 Å². The molecule has 0 radical (unpaired) electrons. The van der Waals surface area contributed by atoms with Crippen LogP contribution >= 0.6 is 0 Å². The third kappa shape index (κ3) is 1.82. The molecular weight excluding hydrogens is 228 g/mol. The van der Waals surface area contributed by atoms with E-state index in [-0.39, 0.29) is 6.42 Å². The Hall–Kier alpha value is -2.36. The SMILES string of the molecule is O=C(O)CCc1ccc2[nH]c3cnccc3c2c1. The first-order valence-corrected chi connectivity index (χ1v) is 5.80. The Kier molecular flexibility index (Phi) is 2.48. The van der Waals surface area contributed by atoms with Gasteiger partial charge in [-0.15, -0.1) is 0 Å². The first-order chi connectivity index (χ1) is 8.74. The molecule has 0 saturated carbocycles. The van der Waals surface area contributed by atoms with Crippen molar-refractivity contribution in [3.8, 4) is 0 Å². The van der Waals surface area contributed by atoms with E-state index in [1.807, 2.05) is 18.2 Å². The number of aromatic nitrogens is 2. The largest absolute Gasteiger partial charge is 0.481 e. The van der Waals surface area contributed by atoms with Gasteiger partial charge in [-0.05, 0) is 30.2 Å². The van der Waals surface area contributed by atoms with Gasteiger partial charge in [-0.25, -0.2) is 0 Å². The van der Waals surface area contributed by atoms with Crippen molar-refractivity contribution in [1.82, 2.24) is 9.97 Å². The number of aryl methyl sites for hydroxylation is 1. The van der Waals surface area contributed by atoms with Crippen molar-refractivity contribution in [2.24, 2.45) is 0 Å². The number of aromatic amines is 1. The standard InChI is InChI=1S/C14H12N2O2/c17-14(18)4-2-9-1-3-12-11(7-9)10-5-6-15-8-13(10)16-12/h1,3,5-8,16H,2,4H2,(H,17,18). The highest BCUT2D eigenvalue weighted by Gasteiger charge is 2.05. The first kappa shape index (κ1) is 10.8. The van der Waals surface area contributed by atoms with Crippen molar-refractivity contribution in [1.29, 1.82) is 0 Å². The maximum Gasteiger partial charge on any atom is 0.303 e. The Labute approximate surface area is 103 Å². The Morgan fingerprint density at radius 2 is 2.11 bits per heavy atom. The van der Waals surface area contributed by atoms with Gasteiger partial charge in [0.1, 0.15) is 0 Å². The van der Waals surface area contributed by atoms with E-state index in [2.05, 4.69) is 16.0 Å². The molecule has 0 aliphatic rings. The minimum absolute atomic E-state index is 0.162. The Morgan fingerprint density at radius 3 is 2.94 bits per heavy atom. The van der Waals surface area contributed by atoms with Crippen LogP contribution in [0, 0.1) is 0 Å². The van der Waals surface area contributed by atoms with Crippen LogP contribution in [0.3, 0.4) is 0 Å². The van der Waals surface area contributed by atoms with Gasteiger partial charge in [0.15, 0.2) is 0 Å². The molecular formula is C14H12N2O2. The van der Waals surface area contributed by atoms with Crippen molar-refractivity contribution in [3.05, 3.63) is 42.2 Å². The van der Waals surface area contributed by atoms with Crippen molar-refractivity contribution >= 4 is 27.8 Å². The van der Waals surface area contributed by atoms with Crippen LogP contribution in [-0.2, 0) is 11.2 Å². The molecule has 3 aromatic rings. The number of carboxylic acids is 1. The summed E-state index contributed by atoms with van der Waals surface area (Å²) in [6.45, 7) is 0. The van der Waals surface area contributed by atoms with E-state index >= 15 is 0 Å². The lowest BCUT2D eigenvalue weighted by molar-refractivity contribution is -0.136. The topological polar surface area (TPSA) is 66.0 Å². The highest BCUT2D eigenvalue weighted by atomic mass is 16.4. The molecule has 90 valence electrons. The fourth-order valence-corrected chi connectivity index (χ4v) is 2.20. The number of pyridine rings is 1. The van der Waals surface area contributed by atoms with Gasteiger partial charge in [-0.3, -0.25) is 9.78 Å². The molecule has 1 aromatic carbocycles. The quantitative estimate of drug-likeness (QED) is 0.739. The smallest absolute Gasteiger partial charge is 0.303 e. The zero-order valence-electron chi connectivity index (χ0n) is 9.68. The number of H-pyrrole nitrogens is 1. The molecule has 0 bridgehead atoms. The van der Waals surface area contributed by atoms with E-state index in [4.69, 9.17) is 5.11 Å². The van der Waals surface area contributed by atoms with Gasteiger partial charge in [0.05, 0.1) is 11.7 Å². The molecule has 2 N–H and O–H groups in total. The molecule has 0 aliphatic carbocycles. The van der Waals surface area contributed by atoms with Crippen LogP contribution in [0.15, 0.2) is 36.7 Å². The molecule has 18 heavy (non-hydrogen) atoms. The van der Waals surface area contributed by atoms with Crippen molar-refractivity contribution in [2.75, 3.05) is 0 Å². The summed E-state index contributed by atoms with van der Waals surface area (Å²) in [4.78, 5) is 18.0. The van der Waals surface area contributed by atoms with Gasteiger partial charge in [0, 0.05) is 28.9 Å². The molecule has 0 saturated heterocycles. The lowest BCUT2D eigenvalue weighted by atomic mass is 10.1. The first-order valence-electron chi connectivity index (χ1n) is 5.80. The highest BCUT2D eigenvalue weighted by Crippen LogP contribution is 2.25. The monoisotopic (exact) mass is 240 g/mol. The normalized spacial score (nSPS) is 11.1. The molecule has 2 aromatic heterocycles. The lowest BCUT2D eigenvalue weighted by Crippen LogP contribution is -1.97.